The van der Waals surface area contributed by atoms with Crippen molar-refractivity contribution in [2.24, 2.45) is 0 Å². The fourth-order valence-corrected chi connectivity index (χ4v) is 2.49. The summed E-state index contributed by atoms with van der Waals surface area (Å²) in [5, 5.41) is 10.2. The molecule has 2 heterocycles. The van der Waals surface area contributed by atoms with Crippen LogP contribution in [-0.2, 0) is 4.74 Å². The molecule has 1 aliphatic rings. The molecule has 1 saturated heterocycles. The number of benzene rings is 1. The van der Waals surface area contributed by atoms with Gasteiger partial charge in [-0.2, -0.15) is 5.10 Å². The van der Waals surface area contributed by atoms with Crippen LogP contribution in [0.2, 0.25) is 5.02 Å². The number of carbonyl (C=O) groups is 1. The maximum atomic E-state index is 12.0. The van der Waals surface area contributed by atoms with Crippen LogP contribution >= 0.6 is 11.6 Å². The predicted molar refractivity (Wildman–Crippen MR) is 82.4 cm³/mol. The Labute approximate surface area is 132 Å². The number of anilines is 1. The van der Waals surface area contributed by atoms with E-state index in [9.17, 15) is 4.79 Å². The second-order valence-corrected chi connectivity index (χ2v) is 5.41. The fraction of sp³-hybridized carbons (Fsp3) is 0.357. The van der Waals surface area contributed by atoms with Gasteiger partial charge in [0, 0.05) is 18.2 Å². The standard InChI is InChI=1S/C14H16ClN5O2/c15-10-3-4-13(20-9-16-8-18-20)12(6-10)19-14(21)17-7-11-2-1-5-22-11/h3-4,6,8-9,11H,1-2,5,7H2,(H2,17,19,21). The minimum Gasteiger partial charge on any atom is -0.376 e. The molecule has 1 aromatic heterocycles. The number of hydrogen-bond donors (Lipinski definition) is 2. The van der Waals surface area contributed by atoms with Gasteiger partial charge in [0.05, 0.1) is 17.5 Å². The molecule has 0 aliphatic carbocycles. The molecule has 2 N–H and O–H groups in total. The Bertz CT molecular complexity index is 641. The third kappa shape index (κ3) is 3.55. The summed E-state index contributed by atoms with van der Waals surface area (Å²) >= 11 is 6.01. The zero-order valence-corrected chi connectivity index (χ0v) is 12.6. The number of hydrogen-bond acceptors (Lipinski definition) is 4. The molecule has 1 aromatic carbocycles. The Kier molecular flexibility index (Phi) is 4.55. The van der Waals surface area contributed by atoms with Crippen molar-refractivity contribution < 1.29 is 9.53 Å². The minimum absolute atomic E-state index is 0.0971. The number of aromatic nitrogens is 3. The van der Waals surface area contributed by atoms with Crippen LogP contribution in [0.3, 0.4) is 0 Å². The van der Waals surface area contributed by atoms with Crippen molar-refractivity contribution in [2.75, 3.05) is 18.5 Å². The van der Waals surface area contributed by atoms with Gasteiger partial charge in [-0.15, -0.1) is 0 Å². The first-order chi connectivity index (χ1) is 10.7. The highest BCUT2D eigenvalue weighted by Gasteiger charge is 2.16. The summed E-state index contributed by atoms with van der Waals surface area (Å²) in [6.45, 7) is 1.25. The van der Waals surface area contributed by atoms with E-state index in [-0.39, 0.29) is 12.1 Å². The molecule has 2 aromatic rings. The second kappa shape index (κ2) is 6.76. The van der Waals surface area contributed by atoms with E-state index in [0.717, 1.165) is 19.4 Å². The van der Waals surface area contributed by atoms with Crippen molar-refractivity contribution in [1.29, 1.82) is 0 Å². The number of nitrogens with one attached hydrogen (secondary N) is 2. The minimum atomic E-state index is -0.306. The van der Waals surface area contributed by atoms with Gasteiger partial charge in [-0.3, -0.25) is 0 Å². The molecular weight excluding hydrogens is 306 g/mol. The molecule has 1 unspecified atom stereocenters. The Balaban J connectivity index is 1.68. The highest BCUT2D eigenvalue weighted by molar-refractivity contribution is 6.31. The maximum absolute atomic E-state index is 12.0. The lowest BCUT2D eigenvalue weighted by molar-refractivity contribution is 0.112. The number of carbonyl (C=O) groups excluding carboxylic acids is 1. The van der Waals surface area contributed by atoms with Crippen molar-refractivity contribution in [3.63, 3.8) is 0 Å². The van der Waals surface area contributed by atoms with Crippen molar-refractivity contribution in [3.8, 4) is 5.69 Å². The fourth-order valence-electron chi connectivity index (χ4n) is 2.32. The van der Waals surface area contributed by atoms with Gasteiger partial charge >= 0.3 is 6.03 Å². The summed E-state index contributed by atoms with van der Waals surface area (Å²) in [5.41, 5.74) is 1.25. The van der Waals surface area contributed by atoms with Gasteiger partial charge in [0.25, 0.3) is 0 Å². The molecule has 8 heteroatoms. The van der Waals surface area contributed by atoms with Gasteiger partial charge in [0.15, 0.2) is 0 Å². The summed E-state index contributed by atoms with van der Waals surface area (Å²) in [6.07, 6.45) is 5.09. The molecule has 22 heavy (non-hydrogen) atoms. The Morgan fingerprint density at radius 2 is 2.41 bits per heavy atom. The van der Waals surface area contributed by atoms with Crippen LogP contribution in [0.25, 0.3) is 5.69 Å². The monoisotopic (exact) mass is 321 g/mol. The number of nitrogens with zero attached hydrogens (tertiary/aromatic N) is 3. The maximum Gasteiger partial charge on any atom is 0.319 e. The molecule has 3 rings (SSSR count). The van der Waals surface area contributed by atoms with Crippen LogP contribution < -0.4 is 10.6 Å². The number of rotatable bonds is 4. The van der Waals surface area contributed by atoms with E-state index in [2.05, 4.69) is 20.7 Å². The number of urea groups is 1. The Morgan fingerprint density at radius 1 is 1.50 bits per heavy atom. The smallest absolute Gasteiger partial charge is 0.319 e. The summed E-state index contributed by atoms with van der Waals surface area (Å²) in [6, 6.07) is 4.87. The molecule has 116 valence electrons. The number of amides is 2. The van der Waals surface area contributed by atoms with Crippen molar-refractivity contribution in [2.45, 2.75) is 18.9 Å². The number of ether oxygens (including phenoxy) is 1. The van der Waals surface area contributed by atoms with Crippen molar-refractivity contribution in [3.05, 3.63) is 35.9 Å². The quantitative estimate of drug-likeness (QED) is 0.904. The normalized spacial score (nSPS) is 17.4. The van der Waals surface area contributed by atoms with E-state index in [4.69, 9.17) is 16.3 Å². The lowest BCUT2D eigenvalue weighted by Crippen LogP contribution is -2.35. The predicted octanol–water partition coefficient (Wildman–Crippen LogP) is 2.22. The van der Waals surface area contributed by atoms with E-state index >= 15 is 0 Å². The first-order valence-electron chi connectivity index (χ1n) is 7.03. The molecule has 1 aliphatic heterocycles. The SMILES string of the molecule is O=C(NCC1CCCO1)Nc1cc(Cl)ccc1-n1cncn1. The molecule has 7 nitrogen and oxygen atoms in total. The average molecular weight is 322 g/mol. The van der Waals surface area contributed by atoms with Crippen LogP contribution in [0.15, 0.2) is 30.9 Å². The van der Waals surface area contributed by atoms with E-state index in [1.807, 2.05) is 0 Å². The second-order valence-electron chi connectivity index (χ2n) is 4.97. The van der Waals surface area contributed by atoms with Gasteiger partial charge in [-0.05, 0) is 31.0 Å². The van der Waals surface area contributed by atoms with Crippen LogP contribution in [-0.4, -0.2) is 40.1 Å². The summed E-state index contributed by atoms with van der Waals surface area (Å²) in [4.78, 5) is 15.9. The summed E-state index contributed by atoms with van der Waals surface area (Å²) in [5.74, 6) is 0. The van der Waals surface area contributed by atoms with Crippen LogP contribution in [0.5, 0.6) is 0 Å². The first-order valence-corrected chi connectivity index (χ1v) is 7.41. The third-order valence-corrected chi connectivity index (χ3v) is 3.62. The van der Waals surface area contributed by atoms with Crippen molar-refractivity contribution >= 4 is 23.3 Å². The largest absolute Gasteiger partial charge is 0.376 e. The molecule has 0 radical (unpaired) electrons. The van der Waals surface area contributed by atoms with Crippen LogP contribution in [0, 0.1) is 0 Å². The van der Waals surface area contributed by atoms with E-state index in [0.29, 0.717) is 22.9 Å². The third-order valence-electron chi connectivity index (χ3n) is 3.39. The van der Waals surface area contributed by atoms with E-state index < -0.39 is 0 Å². The Morgan fingerprint density at radius 3 is 3.14 bits per heavy atom. The lowest BCUT2D eigenvalue weighted by Gasteiger charge is -2.14. The topological polar surface area (TPSA) is 81.1 Å². The van der Waals surface area contributed by atoms with Crippen molar-refractivity contribution in [1.82, 2.24) is 20.1 Å². The van der Waals surface area contributed by atoms with E-state index in [1.54, 1.807) is 29.2 Å². The summed E-state index contributed by atoms with van der Waals surface area (Å²) in [7, 11) is 0. The van der Waals surface area contributed by atoms with Crippen LogP contribution in [0.1, 0.15) is 12.8 Å². The molecular formula is C14H16ClN5O2. The Hall–Kier alpha value is -2.12. The molecule has 1 fully saturated rings. The van der Waals surface area contributed by atoms with Crippen LogP contribution in [0.4, 0.5) is 10.5 Å². The average Bonchev–Trinajstić information content (AvgIpc) is 3.19. The lowest BCUT2D eigenvalue weighted by atomic mass is 10.2. The van der Waals surface area contributed by atoms with Gasteiger partial charge in [0.1, 0.15) is 12.7 Å². The molecule has 1 atom stereocenters. The molecule has 0 saturated carbocycles. The zero-order chi connectivity index (χ0) is 15.4. The van der Waals surface area contributed by atoms with E-state index in [1.165, 1.54) is 6.33 Å². The highest BCUT2D eigenvalue weighted by atomic mass is 35.5. The first kappa shape index (κ1) is 14.8. The van der Waals surface area contributed by atoms with Gasteiger partial charge in [0.2, 0.25) is 0 Å². The molecule has 0 spiro atoms. The molecule has 2 amide bonds. The molecule has 0 bridgehead atoms. The van der Waals surface area contributed by atoms with Gasteiger partial charge in [-0.25, -0.2) is 14.5 Å². The summed E-state index contributed by atoms with van der Waals surface area (Å²) < 4.78 is 7.03. The van der Waals surface area contributed by atoms with Gasteiger partial charge < -0.3 is 15.4 Å². The zero-order valence-electron chi connectivity index (χ0n) is 11.8. The van der Waals surface area contributed by atoms with Gasteiger partial charge in [-0.1, -0.05) is 11.6 Å². The number of halogens is 1. The highest BCUT2D eigenvalue weighted by Crippen LogP contribution is 2.23.